The molecule has 0 aromatic carbocycles. The molecule has 0 saturated heterocycles. The van der Waals surface area contributed by atoms with Crippen LogP contribution in [-0.4, -0.2) is 9.55 Å². The van der Waals surface area contributed by atoms with Gasteiger partial charge in [0.1, 0.15) is 4.60 Å². The zero-order valence-electron chi connectivity index (χ0n) is 11.4. The molecular weight excluding hydrogens is 180 g/mol. The second-order valence-corrected chi connectivity index (χ2v) is 2.26. The van der Waals surface area contributed by atoms with E-state index in [4.69, 9.17) is 9.60 Å². The average molecular weight is 196 g/mol. The Kier molecular flexibility index (Phi) is 0.584. The lowest BCUT2D eigenvalue weighted by Gasteiger charge is -2.02. The van der Waals surface area contributed by atoms with Crippen LogP contribution in [0.15, 0.2) is 17.1 Å². The number of halogens is 1. The van der Waals surface area contributed by atoms with Crippen molar-refractivity contribution < 1.29 is 9.60 Å². The average Bonchev–Trinajstić information content (AvgIpc) is 2.46. The Labute approximate surface area is 72.9 Å². The maximum atomic E-state index is 7.76. The van der Waals surface area contributed by atoms with E-state index in [2.05, 4.69) is 20.9 Å². The molecule has 50 valence electrons. The summed E-state index contributed by atoms with van der Waals surface area (Å²) >= 11 is 2.98. The standard InChI is InChI=1S/C6H9BrN2/c1-5(2)9-3-6(7)8-4-9/h3-5H,1-2H3/i1D3,2D3,5D. The van der Waals surface area contributed by atoms with Gasteiger partial charge in [-0.25, -0.2) is 4.98 Å². The van der Waals surface area contributed by atoms with Gasteiger partial charge >= 0.3 is 0 Å². The first-order valence-electron chi connectivity index (χ1n) is 5.70. The van der Waals surface area contributed by atoms with Crippen molar-refractivity contribution in [2.75, 3.05) is 0 Å². The van der Waals surface area contributed by atoms with Crippen molar-refractivity contribution in [1.29, 1.82) is 0 Å². The quantitative estimate of drug-likeness (QED) is 0.673. The van der Waals surface area contributed by atoms with Crippen LogP contribution < -0.4 is 0 Å². The molecule has 0 radical (unpaired) electrons. The van der Waals surface area contributed by atoms with Gasteiger partial charge < -0.3 is 4.57 Å². The summed E-state index contributed by atoms with van der Waals surface area (Å²) in [7, 11) is 0. The topological polar surface area (TPSA) is 17.8 Å². The van der Waals surface area contributed by atoms with Gasteiger partial charge in [-0.05, 0) is 29.6 Å². The van der Waals surface area contributed by atoms with E-state index in [-0.39, 0.29) is 4.60 Å². The molecule has 0 unspecified atom stereocenters. The highest BCUT2D eigenvalue weighted by molar-refractivity contribution is 9.10. The van der Waals surface area contributed by atoms with Gasteiger partial charge in [0.05, 0.1) is 7.70 Å². The normalized spacial score (nSPS) is 26.1. The largest absolute Gasteiger partial charge is 0.334 e. The van der Waals surface area contributed by atoms with Gasteiger partial charge in [0.15, 0.2) is 0 Å². The van der Waals surface area contributed by atoms with Gasteiger partial charge in [0, 0.05) is 20.4 Å². The first kappa shape index (κ1) is 2.09. The molecule has 0 fully saturated rings. The van der Waals surface area contributed by atoms with Crippen LogP contribution in [0, 0.1) is 0 Å². The van der Waals surface area contributed by atoms with Gasteiger partial charge in [-0.1, -0.05) is 0 Å². The molecule has 9 heavy (non-hydrogen) atoms. The van der Waals surface area contributed by atoms with Crippen LogP contribution in [0.1, 0.15) is 29.3 Å². The third-order valence-electron chi connectivity index (χ3n) is 0.809. The summed E-state index contributed by atoms with van der Waals surface area (Å²) in [5.74, 6) is 0. The summed E-state index contributed by atoms with van der Waals surface area (Å²) in [6.45, 7) is -5.98. The Hall–Kier alpha value is -0.310. The second-order valence-electron chi connectivity index (χ2n) is 1.45. The molecule has 0 bridgehead atoms. The molecule has 0 amide bonds. The molecule has 2 nitrogen and oxygen atoms in total. The summed E-state index contributed by atoms with van der Waals surface area (Å²) in [6.07, 6.45) is 2.17. The van der Waals surface area contributed by atoms with Crippen molar-refractivity contribution in [3.8, 4) is 0 Å². The van der Waals surface area contributed by atoms with Crippen LogP contribution in [0.3, 0.4) is 0 Å². The number of aromatic nitrogens is 2. The molecule has 3 heteroatoms. The lowest BCUT2D eigenvalue weighted by molar-refractivity contribution is 0.599. The number of nitrogens with zero attached hydrogens (tertiary/aromatic N) is 2. The monoisotopic (exact) mass is 195 g/mol. The SMILES string of the molecule is [2H]C([2H])([2H])C([2H])(n1cnc(Br)c1)C([2H])([2H])[2H]. The van der Waals surface area contributed by atoms with Gasteiger partial charge in [-0.3, -0.25) is 0 Å². The van der Waals surface area contributed by atoms with Crippen molar-refractivity contribution in [2.24, 2.45) is 0 Å². The fourth-order valence-electron chi connectivity index (χ4n) is 0.421. The molecule has 1 heterocycles. The van der Waals surface area contributed by atoms with E-state index in [1.807, 2.05) is 0 Å². The molecule has 1 aromatic rings. The van der Waals surface area contributed by atoms with Crippen LogP contribution >= 0.6 is 15.9 Å². The van der Waals surface area contributed by atoms with Crippen molar-refractivity contribution in [3.63, 3.8) is 0 Å². The molecule has 0 aliphatic heterocycles. The molecule has 0 aliphatic rings. The number of hydrogen-bond acceptors (Lipinski definition) is 1. The molecule has 0 N–H and O–H groups in total. The van der Waals surface area contributed by atoms with Gasteiger partial charge in [0.25, 0.3) is 0 Å². The van der Waals surface area contributed by atoms with Gasteiger partial charge in [-0.2, -0.15) is 0 Å². The van der Waals surface area contributed by atoms with Crippen molar-refractivity contribution in [1.82, 2.24) is 9.55 Å². The third kappa shape index (κ3) is 1.55. The Bertz CT molecular complexity index is 365. The highest BCUT2D eigenvalue weighted by Gasteiger charge is 1.96. The third-order valence-corrected chi connectivity index (χ3v) is 1.22. The minimum absolute atomic E-state index is 0.276. The molecule has 0 spiro atoms. The highest BCUT2D eigenvalue weighted by Crippen LogP contribution is 2.09. The maximum absolute atomic E-state index is 7.76. The van der Waals surface area contributed by atoms with E-state index in [9.17, 15) is 0 Å². The maximum Gasteiger partial charge on any atom is 0.124 e. The zero-order valence-corrected chi connectivity index (χ0v) is 6.01. The number of rotatable bonds is 1. The minimum Gasteiger partial charge on any atom is -0.334 e. The van der Waals surface area contributed by atoms with Crippen molar-refractivity contribution >= 4 is 15.9 Å². The summed E-state index contributed by atoms with van der Waals surface area (Å²) in [5.41, 5.74) is 0. The Morgan fingerprint density at radius 3 is 3.22 bits per heavy atom. The van der Waals surface area contributed by atoms with E-state index in [0.29, 0.717) is 0 Å². The second kappa shape index (κ2) is 2.52. The predicted molar refractivity (Wildman–Crippen MR) is 40.3 cm³/mol. The van der Waals surface area contributed by atoms with Crippen molar-refractivity contribution in [2.45, 2.75) is 19.7 Å². The highest BCUT2D eigenvalue weighted by atomic mass is 79.9. The summed E-state index contributed by atoms with van der Waals surface area (Å²) < 4.78 is 52.1. The van der Waals surface area contributed by atoms with Crippen molar-refractivity contribution in [3.05, 3.63) is 17.1 Å². The summed E-state index contributed by atoms with van der Waals surface area (Å²) in [4.78, 5) is 3.67. The van der Waals surface area contributed by atoms with E-state index < -0.39 is 19.7 Å². The fraction of sp³-hybridized carbons (Fsp3) is 0.500. The summed E-state index contributed by atoms with van der Waals surface area (Å²) in [5, 5.41) is 0. The zero-order chi connectivity index (χ0) is 12.8. The Morgan fingerprint density at radius 2 is 2.78 bits per heavy atom. The Balaban J connectivity index is 3.38. The van der Waals surface area contributed by atoms with E-state index >= 15 is 0 Å². The summed E-state index contributed by atoms with van der Waals surface area (Å²) in [6, 6.07) is -2.74. The fourth-order valence-corrected chi connectivity index (χ4v) is 0.733. The van der Waals surface area contributed by atoms with Gasteiger partial charge in [0.2, 0.25) is 0 Å². The molecule has 1 rings (SSSR count). The molecule has 0 aliphatic carbocycles. The van der Waals surface area contributed by atoms with E-state index in [0.717, 1.165) is 17.1 Å². The first-order valence-corrected chi connectivity index (χ1v) is 2.99. The smallest absolute Gasteiger partial charge is 0.124 e. The van der Waals surface area contributed by atoms with Crippen LogP contribution in [0.2, 0.25) is 0 Å². The van der Waals surface area contributed by atoms with Crippen LogP contribution in [0.5, 0.6) is 0 Å². The first-order chi connectivity index (χ1) is 7.00. The lowest BCUT2D eigenvalue weighted by atomic mass is 10.4. The molecular formula is C6H9BrN2. The Morgan fingerprint density at radius 1 is 2.00 bits per heavy atom. The van der Waals surface area contributed by atoms with Crippen LogP contribution in [0.25, 0.3) is 0 Å². The molecule has 0 atom stereocenters. The predicted octanol–water partition coefficient (Wildman–Crippen LogP) is 2.23. The van der Waals surface area contributed by atoms with E-state index in [1.165, 1.54) is 0 Å². The molecule has 0 saturated carbocycles. The van der Waals surface area contributed by atoms with E-state index in [1.54, 1.807) is 0 Å². The van der Waals surface area contributed by atoms with Gasteiger partial charge in [-0.15, -0.1) is 0 Å². The van der Waals surface area contributed by atoms with Crippen LogP contribution in [0.4, 0.5) is 0 Å². The molecule has 1 aromatic heterocycles. The number of hydrogen-bond donors (Lipinski definition) is 0. The lowest BCUT2D eigenvalue weighted by Crippen LogP contribution is -1.95. The van der Waals surface area contributed by atoms with Crippen LogP contribution in [-0.2, 0) is 0 Å². The number of imidazole rings is 1. The minimum atomic E-state index is -2.99.